The number of hydrogen-bond donors (Lipinski definition) is 1. The minimum Gasteiger partial charge on any atom is -0.388 e. The Kier molecular flexibility index (Phi) is 4.10. The van der Waals surface area contributed by atoms with Crippen LogP contribution in [-0.2, 0) is 19.4 Å². The Morgan fingerprint density at radius 2 is 1.94 bits per heavy atom. The van der Waals surface area contributed by atoms with Crippen LogP contribution in [0.4, 0.5) is 0 Å². The van der Waals surface area contributed by atoms with Gasteiger partial charge in [0.05, 0.1) is 6.10 Å². The normalized spacial score (nSPS) is 12.6. The van der Waals surface area contributed by atoms with Crippen molar-refractivity contribution in [1.82, 2.24) is 14.8 Å². The van der Waals surface area contributed by atoms with Gasteiger partial charge in [-0.2, -0.15) is 5.10 Å². The molecule has 18 heavy (non-hydrogen) atoms. The summed E-state index contributed by atoms with van der Waals surface area (Å²) in [5, 5.41) is 14.3. The van der Waals surface area contributed by atoms with E-state index >= 15 is 0 Å². The lowest BCUT2D eigenvalue weighted by molar-refractivity contribution is 0.174. The standard InChI is InChI=1S/C14H19N3O/c1-3-11-5-7-12(8-6-11)13(18)9-14-15-10-16-17(14)4-2/h5-8,10,13,18H,3-4,9H2,1-2H3. The maximum Gasteiger partial charge on any atom is 0.138 e. The third-order valence-corrected chi connectivity index (χ3v) is 3.14. The molecule has 0 spiro atoms. The van der Waals surface area contributed by atoms with Gasteiger partial charge in [0.1, 0.15) is 12.2 Å². The van der Waals surface area contributed by atoms with Crippen LogP contribution in [0, 0.1) is 0 Å². The number of rotatable bonds is 5. The molecule has 1 N–H and O–H groups in total. The molecule has 0 amide bonds. The van der Waals surface area contributed by atoms with E-state index in [-0.39, 0.29) is 0 Å². The first-order valence-corrected chi connectivity index (χ1v) is 6.38. The maximum absolute atomic E-state index is 10.2. The predicted octanol–water partition coefficient (Wildman–Crippen LogP) is 2.14. The van der Waals surface area contributed by atoms with Crippen LogP contribution in [0.3, 0.4) is 0 Å². The largest absolute Gasteiger partial charge is 0.388 e. The van der Waals surface area contributed by atoms with Crippen LogP contribution >= 0.6 is 0 Å². The van der Waals surface area contributed by atoms with Crippen LogP contribution in [-0.4, -0.2) is 19.9 Å². The van der Waals surface area contributed by atoms with E-state index in [9.17, 15) is 5.11 Å². The highest BCUT2D eigenvalue weighted by Crippen LogP contribution is 2.18. The second kappa shape index (κ2) is 5.78. The average Bonchev–Trinajstić information content (AvgIpc) is 2.86. The molecule has 0 aliphatic heterocycles. The summed E-state index contributed by atoms with van der Waals surface area (Å²) in [6.45, 7) is 4.91. The van der Waals surface area contributed by atoms with Gasteiger partial charge < -0.3 is 5.11 Å². The molecule has 0 aliphatic rings. The maximum atomic E-state index is 10.2. The first kappa shape index (κ1) is 12.8. The van der Waals surface area contributed by atoms with Gasteiger partial charge in [0.2, 0.25) is 0 Å². The van der Waals surface area contributed by atoms with Crippen molar-refractivity contribution in [3.05, 3.63) is 47.5 Å². The van der Waals surface area contributed by atoms with E-state index in [0.29, 0.717) is 6.42 Å². The molecule has 1 aromatic heterocycles. The van der Waals surface area contributed by atoms with Crippen molar-refractivity contribution in [1.29, 1.82) is 0 Å². The first-order chi connectivity index (χ1) is 8.74. The molecule has 0 aliphatic carbocycles. The lowest BCUT2D eigenvalue weighted by atomic mass is 10.0. The number of aliphatic hydroxyl groups excluding tert-OH is 1. The summed E-state index contributed by atoms with van der Waals surface area (Å²) in [6.07, 6.45) is 2.52. The van der Waals surface area contributed by atoms with Gasteiger partial charge in [-0.25, -0.2) is 4.98 Å². The van der Waals surface area contributed by atoms with Gasteiger partial charge in [0, 0.05) is 13.0 Å². The van der Waals surface area contributed by atoms with Crippen molar-refractivity contribution >= 4 is 0 Å². The number of hydrogen-bond acceptors (Lipinski definition) is 3. The Morgan fingerprint density at radius 3 is 2.56 bits per heavy atom. The molecule has 0 fully saturated rings. The van der Waals surface area contributed by atoms with Gasteiger partial charge in [-0.3, -0.25) is 4.68 Å². The van der Waals surface area contributed by atoms with Crippen LogP contribution in [0.15, 0.2) is 30.6 Å². The summed E-state index contributed by atoms with van der Waals surface area (Å²) in [6, 6.07) is 8.08. The molecule has 0 bridgehead atoms. The second-order valence-electron chi connectivity index (χ2n) is 4.31. The topological polar surface area (TPSA) is 50.9 Å². The summed E-state index contributed by atoms with van der Waals surface area (Å²) in [5.74, 6) is 0.824. The molecule has 2 aromatic rings. The van der Waals surface area contributed by atoms with Crippen LogP contribution < -0.4 is 0 Å². The van der Waals surface area contributed by atoms with Crippen molar-refractivity contribution in [3.63, 3.8) is 0 Å². The van der Waals surface area contributed by atoms with Crippen molar-refractivity contribution in [2.45, 2.75) is 39.3 Å². The van der Waals surface area contributed by atoms with Crippen LogP contribution in [0.1, 0.15) is 36.9 Å². The molecular formula is C14H19N3O. The molecule has 1 heterocycles. The summed E-state index contributed by atoms with van der Waals surface area (Å²) < 4.78 is 1.81. The Morgan fingerprint density at radius 1 is 1.22 bits per heavy atom. The third-order valence-electron chi connectivity index (χ3n) is 3.14. The highest BCUT2D eigenvalue weighted by molar-refractivity contribution is 5.24. The summed E-state index contributed by atoms with van der Waals surface area (Å²) in [7, 11) is 0. The lowest BCUT2D eigenvalue weighted by Gasteiger charge is -2.11. The minimum absolute atomic E-state index is 0.499. The Hall–Kier alpha value is -1.68. The highest BCUT2D eigenvalue weighted by Gasteiger charge is 2.12. The second-order valence-corrected chi connectivity index (χ2v) is 4.31. The summed E-state index contributed by atoms with van der Waals surface area (Å²) >= 11 is 0. The third kappa shape index (κ3) is 2.76. The Bertz CT molecular complexity index is 490. The number of aryl methyl sites for hydroxylation is 2. The van der Waals surface area contributed by atoms with Crippen molar-refractivity contribution in [2.75, 3.05) is 0 Å². The SMILES string of the molecule is CCc1ccc(C(O)Cc2ncnn2CC)cc1. The fourth-order valence-electron chi connectivity index (χ4n) is 1.98. The van der Waals surface area contributed by atoms with Crippen molar-refractivity contribution in [3.8, 4) is 0 Å². The van der Waals surface area contributed by atoms with Gasteiger partial charge in [0.15, 0.2) is 0 Å². The molecule has 0 saturated heterocycles. The van der Waals surface area contributed by atoms with Crippen molar-refractivity contribution < 1.29 is 5.11 Å². The van der Waals surface area contributed by atoms with Crippen LogP contribution in [0.2, 0.25) is 0 Å². The van der Waals surface area contributed by atoms with E-state index < -0.39 is 6.10 Å². The predicted molar refractivity (Wildman–Crippen MR) is 70.2 cm³/mol. The highest BCUT2D eigenvalue weighted by atomic mass is 16.3. The lowest BCUT2D eigenvalue weighted by Crippen LogP contribution is -2.09. The molecule has 1 unspecified atom stereocenters. The van der Waals surface area contributed by atoms with E-state index in [4.69, 9.17) is 0 Å². The monoisotopic (exact) mass is 245 g/mol. The number of nitrogens with zero attached hydrogens (tertiary/aromatic N) is 3. The number of aliphatic hydroxyl groups is 1. The molecule has 0 radical (unpaired) electrons. The fourth-order valence-corrected chi connectivity index (χ4v) is 1.98. The minimum atomic E-state index is -0.523. The van der Waals surface area contributed by atoms with Gasteiger partial charge in [0.25, 0.3) is 0 Å². The zero-order valence-electron chi connectivity index (χ0n) is 10.9. The quantitative estimate of drug-likeness (QED) is 0.878. The van der Waals surface area contributed by atoms with Crippen molar-refractivity contribution in [2.24, 2.45) is 0 Å². The van der Waals surface area contributed by atoms with E-state index in [2.05, 4.69) is 29.1 Å². The molecule has 4 heteroatoms. The molecule has 2 rings (SSSR count). The van der Waals surface area contributed by atoms with Gasteiger partial charge in [-0.1, -0.05) is 31.2 Å². The Balaban J connectivity index is 2.09. The van der Waals surface area contributed by atoms with Crippen LogP contribution in [0.5, 0.6) is 0 Å². The van der Waals surface area contributed by atoms with E-state index in [1.165, 1.54) is 11.9 Å². The zero-order valence-corrected chi connectivity index (χ0v) is 10.9. The molecular weight excluding hydrogens is 226 g/mol. The molecule has 96 valence electrons. The zero-order chi connectivity index (χ0) is 13.0. The summed E-state index contributed by atoms with van der Waals surface area (Å²) in [5.41, 5.74) is 2.21. The number of aromatic nitrogens is 3. The molecule has 1 atom stereocenters. The summed E-state index contributed by atoms with van der Waals surface area (Å²) in [4.78, 5) is 4.18. The first-order valence-electron chi connectivity index (χ1n) is 6.38. The molecule has 1 aromatic carbocycles. The fraction of sp³-hybridized carbons (Fsp3) is 0.429. The van der Waals surface area contributed by atoms with E-state index in [1.54, 1.807) is 0 Å². The number of benzene rings is 1. The van der Waals surface area contributed by atoms with Crippen LogP contribution in [0.25, 0.3) is 0 Å². The van der Waals surface area contributed by atoms with Gasteiger partial charge in [-0.05, 0) is 24.5 Å². The van der Waals surface area contributed by atoms with E-state index in [0.717, 1.165) is 24.4 Å². The van der Waals surface area contributed by atoms with Gasteiger partial charge >= 0.3 is 0 Å². The van der Waals surface area contributed by atoms with Gasteiger partial charge in [-0.15, -0.1) is 0 Å². The average molecular weight is 245 g/mol. The molecule has 0 saturated carbocycles. The Labute approximate surface area is 107 Å². The van der Waals surface area contributed by atoms with E-state index in [1.807, 2.05) is 23.7 Å². The molecule has 4 nitrogen and oxygen atoms in total. The smallest absolute Gasteiger partial charge is 0.138 e.